The van der Waals surface area contributed by atoms with E-state index >= 15 is 0 Å². The molecule has 1 atom stereocenters. The van der Waals surface area contributed by atoms with Gasteiger partial charge >= 0.3 is 0 Å². The van der Waals surface area contributed by atoms with Crippen LogP contribution in [0.25, 0.3) is 0 Å². The van der Waals surface area contributed by atoms with E-state index in [1.54, 1.807) is 15.9 Å². The van der Waals surface area contributed by atoms with Gasteiger partial charge in [0.05, 0.1) is 13.2 Å². The van der Waals surface area contributed by atoms with Crippen LogP contribution in [0.5, 0.6) is 0 Å². The number of hydrogen-bond donors (Lipinski definition) is 2. The minimum absolute atomic E-state index is 0.0899. The molecular weight excluding hydrogens is 474 g/mol. The number of rotatable bonds is 20. The van der Waals surface area contributed by atoms with Gasteiger partial charge < -0.3 is 30.5 Å². The topological polar surface area (TPSA) is 125 Å². The van der Waals surface area contributed by atoms with Crippen molar-refractivity contribution in [3.05, 3.63) is 12.7 Å². The van der Waals surface area contributed by atoms with E-state index in [9.17, 15) is 19.2 Å². The van der Waals surface area contributed by atoms with Crippen molar-refractivity contribution in [2.45, 2.75) is 60.8 Å². The normalized spacial score (nSPS) is 12.5. The maximum Gasteiger partial charge on any atom is 0.249 e. The number of likely N-dealkylation sites (N-methyl/N-ethyl adjacent to an activating group) is 2. The average molecular weight is 526 g/mol. The molecule has 0 aromatic rings. The zero-order valence-corrected chi connectivity index (χ0v) is 24.0. The van der Waals surface area contributed by atoms with Crippen LogP contribution in [0.3, 0.4) is 0 Å². The van der Waals surface area contributed by atoms with E-state index in [1.165, 1.54) is 4.90 Å². The summed E-state index contributed by atoms with van der Waals surface area (Å²) in [5, 5.41) is 2.89. The van der Waals surface area contributed by atoms with Gasteiger partial charge in [0.15, 0.2) is 0 Å². The van der Waals surface area contributed by atoms with Crippen LogP contribution < -0.4 is 11.1 Å². The zero-order chi connectivity index (χ0) is 28.4. The van der Waals surface area contributed by atoms with Crippen molar-refractivity contribution >= 4 is 23.6 Å². The van der Waals surface area contributed by atoms with Gasteiger partial charge in [0.2, 0.25) is 23.6 Å². The minimum atomic E-state index is -0.426. The molecule has 10 nitrogen and oxygen atoms in total. The van der Waals surface area contributed by atoms with E-state index in [0.717, 1.165) is 19.3 Å². The summed E-state index contributed by atoms with van der Waals surface area (Å²) in [6.07, 6.45) is 4.12. The summed E-state index contributed by atoms with van der Waals surface area (Å²) in [6.45, 7) is 17.3. The van der Waals surface area contributed by atoms with Gasteiger partial charge in [-0.05, 0) is 39.5 Å². The fourth-order valence-electron chi connectivity index (χ4n) is 4.54. The molecule has 0 saturated carbocycles. The van der Waals surface area contributed by atoms with E-state index in [2.05, 4.69) is 32.7 Å². The lowest BCUT2D eigenvalue weighted by molar-refractivity contribution is -0.148. The van der Waals surface area contributed by atoms with E-state index in [4.69, 9.17) is 10.5 Å². The summed E-state index contributed by atoms with van der Waals surface area (Å²) in [4.78, 5) is 55.2. The molecule has 0 aromatic carbocycles. The van der Waals surface area contributed by atoms with Crippen LogP contribution >= 0.6 is 0 Å². The van der Waals surface area contributed by atoms with Crippen molar-refractivity contribution in [1.82, 2.24) is 20.0 Å². The molecule has 0 heterocycles. The molecule has 0 aliphatic rings. The van der Waals surface area contributed by atoms with Gasteiger partial charge in [-0.1, -0.05) is 33.3 Å². The van der Waals surface area contributed by atoms with Crippen molar-refractivity contribution in [3.63, 3.8) is 0 Å². The minimum Gasteiger partial charge on any atom is -0.371 e. The second kappa shape index (κ2) is 18.7. The van der Waals surface area contributed by atoms with E-state index in [1.807, 2.05) is 20.8 Å². The zero-order valence-electron chi connectivity index (χ0n) is 24.0. The molecule has 0 aliphatic heterocycles. The number of nitrogens with one attached hydrogen (secondary N) is 1. The molecule has 0 aromatic heterocycles. The summed E-state index contributed by atoms with van der Waals surface area (Å²) < 4.78 is 5.93. The fraction of sp³-hybridized carbons (Fsp3) is 0.778. The van der Waals surface area contributed by atoms with Gasteiger partial charge in [-0.15, -0.1) is 6.58 Å². The third kappa shape index (κ3) is 13.1. The molecule has 0 bridgehead atoms. The Hall–Kier alpha value is -2.46. The highest BCUT2D eigenvalue weighted by molar-refractivity contribution is 5.89. The second-order valence-electron chi connectivity index (χ2n) is 9.86. The Labute approximate surface area is 223 Å². The number of carbonyl (C=O) groups excluding carboxylic acids is 4. The maximum absolute atomic E-state index is 13.2. The number of hydrogen-bond acceptors (Lipinski definition) is 6. The second-order valence-corrected chi connectivity index (χ2v) is 9.86. The molecule has 0 aliphatic carbocycles. The van der Waals surface area contributed by atoms with Crippen LogP contribution in [0.4, 0.5) is 0 Å². The summed E-state index contributed by atoms with van der Waals surface area (Å²) >= 11 is 0. The molecule has 4 amide bonds. The van der Waals surface area contributed by atoms with Gasteiger partial charge in [0.25, 0.3) is 0 Å². The molecular formula is C27H51N5O5. The molecule has 0 fully saturated rings. The predicted octanol–water partition coefficient (Wildman–Crippen LogP) is 1.64. The number of amides is 4. The smallest absolute Gasteiger partial charge is 0.249 e. The first-order valence-electron chi connectivity index (χ1n) is 13.5. The third-order valence-corrected chi connectivity index (χ3v) is 6.31. The Morgan fingerprint density at radius 2 is 1.51 bits per heavy atom. The van der Waals surface area contributed by atoms with Crippen LogP contribution in [-0.2, 0) is 23.9 Å². The van der Waals surface area contributed by atoms with E-state index < -0.39 is 5.91 Å². The molecule has 0 saturated heterocycles. The first kappa shape index (κ1) is 34.5. The highest BCUT2D eigenvalue weighted by atomic mass is 16.5. The Bertz CT molecular complexity index is 726. The van der Waals surface area contributed by atoms with Gasteiger partial charge in [0, 0.05) is 38.1 Å². The van der Waals surface area contributed by atoms with Crippen LogP contribution in [0.2, 0.25) is 0 Å². The molecule has 37 heavy (non-hydrogen) atoms. The van der Waals surface area contributed by atoms with Crippen LogP contribution in [0.1, 0.15) is 60.8 Å². The number of nitrogens with two attached hydrogens (primary N) is 1. The molecule has 0 rings (SSSR count). The average Bonchev–Trinajstić information content (AvgIpc) is 2.85. The van der Waals surface area contributed by atoms with Crippen LogP contribution in [-0.4, -0.2) is 104 Å². The Morgan fingerprint density at radius 3 is 1.97 bits per heavy atom. The van der Waals surface area contributed by atoms with Crippen LogP contribution in [0, 0.1) is 11.3 Å². The molecule has 0 radical (unpaired) electrons. The lowest BCUT2D eigenvalue weighted by Gasteiger charge is -2.35. The van der Waals surface area contributed by atoms with Crippen molar-refractivity contribution in [1.29, 1.82) is 0 Å². The third-order valence-electron chi connectivity index (χ3n) is 6.31. The molecule has 1 unspecified atom stereocenters. The first-order chi connectivity index (χ1) is 17.5. The Kier molecular flexibility index (Phi) is 17.5. The van der Waals surface area contributed by atoms with Crippen LogP contribution in [0.15, 0.2) is 12.7 Å². The number of carbonyl (C=O) groups is 4. The van der Waals surface area contributed by atoms with E-state index in [-0.39, 0.29) is 56.0 Å². The maximum atomic E-state index is 13.2. The quantitative estimate of drug-likeness (QED) is 0.233. The summed E-state index contributed by atoms with van der Waals surface area (Å²) in [6, 6.07) is 0. The van der Waals surface area contributed by atoms with Gasteiger partial charge in [0.1, 0.15) is 19.7 Å². The predicted molar refractivity (Wildman–Crippen MR) is 147 cm³/mol. The van der Waals surface area contributed by atoms with E-state index in [0.29, 0.717) is 38.6 Å². The molecule has 214 valence electrons. The van der Waals surface area contributed by atoms with Crippen molar-refractivity contribution < 1.29 is 23.9 Å². The number of nitrogens with zero attached hydrogens (tertiary/aromatic N) is 3. The fourth-order valence-corrected chi connectivity index (χ4v) is 4.54. The van der Waals surface area contributed by atoms with Crippen molar-refractivity contribution in [2.75, 3.05) is 65.6 Å². The highest BCUT2D eigenvalue weighted by Crippen LogP contribution is 2.32. The summed E-state index contributed by atoms with van der Waals surface area (Å²) in [5.74, 6) is -0.786. The SMILES string of the molecule is C=CCN(CC)C(=O)CN(CC(=O)N(CC)CC)C(=O)COCC(CCC)(CNC(=O)CN)CC(C)C. The van der Waals surface area contributed by atoms with Gasteiger partial charge in [-0.25, -0.2) is 0 Å². The van der Waals surface area contributed by atoms with Crippen molar-refractivity contribution in [3.8, 4) is 0 Å². The lowest BCUT2D eigenvalue weighted by atomic mass is 9.77. The first-order valence-corrected chi connectivity index (χ1v) is 13.5. The molecule has 3 N–H and O–H groups in total. The largest absolute Gasteiger partial charge is 0.371 e. The molecule has 10 heteroatoms. The number of ether oxygens (including phenoxy) is 1. The van der Waals surface area contributed by atoms with Gasteiger partial charge in [-0.3, -0.25) is 19.2 Å². The summed E-state index contributed by atoms with van der Waals surface area (Å²) in [5.41, 5.74) is 5.11. The standard InChI is InChI=1S/C27H51N5O5/c1-8-13-27(15-22(6)7,20-29-23(33)16-28)21-37-19-26(36)32(17-24(34)30(10-3)11-4)18-25(35)31(12-5)14-9-2/h9,22H,2,8,10-21,28H2,1,3-7H3,(H,29,33). The monoisotopic (exact) mass is 525 g/mol. The van der Waals surface area contributed by atoms with Gasteiger partial charge in [-0.2, -0.15) is 0 Å². The Balaban J connectivity index is 5.61. The van der Waals surface area contributed by atoms with Crippen molar-refractivity contribution in [2.24, 2.45) is 17.1 Å². The highest BCUT2D eigenvalue weighted by Gasteiger charge is 2.32. The summed E-state index contributed by atoms with van der Waals surface area (Å²) in [7, 11) is 0. The Morgan fingerprint density at radius 1 is 0.946 bits per heavy atom. The lowest BCUT2D eigenvalue weighted by Crippen LogP contribution is -2.49. The molecule has 0 spiro atoms.